The summed E-state index contributed by atoms with van der Waals surface area (Å²) in [6.07, 6.45) is 0. The van der Waals surface area contributed by atoms with Crippen molar-refractivity contribution in [3.63, 3.8) is 0 Å². The number of hydrazine groups is 1. The largest absolute Gasteiger partial charge is 0.324 e. The molecule has 7 heteroatoms. The Kier molecular flexibility index (Phi) is 4.29. The highest BCUT2D eigenvalue weighted by Gasteiger charge is 2.17. The van der Waals surface area contributed by atoms with E-state index in [-0.39, 0.29) is 17.7 Å². The van der Waals surface area contributed by atoms with E-state index in [9.17, 15) is 14.4 Å². The quantitative estimate of drug-likeness (QED) is 0.714. The Hall–Kier alpha value is -2.02. The van der Waals surface area contributed by atoms with E-state index in [1.807, 2.05) is 0 Å². The lowest BCUT2D eigenvalue weighted by molar-refractivity contribution is -0.124. The van der Waals surface area contributed by atoms with Gasteiger partial charge in [-0.3, -0.25) is 25.2 Å². The Morgan fingerprint density at radius 3 is 2.75 bits per heavy atom. The summed E-state index contributed by atoms with van der Waals surface area (Å²) in [5, 5.41) is 2.71. The molecule has 0 radical (unpaired) electrons. The van der Waals surface area contributed by atoms with E-state index in [2.05, 4.69) is 16.2 Å². The lowest BCUT2D eigenvalue weighted by atomic mass is 10.2. The molecule has 106 valence electrons. The number of rotatable bonds is 2. The highest BCUT2D eigenvalue weighted by Crippen LogP contribution is 2.31. The van der Waals surface area contributed by atoms with Gasteiger partial charge >= 0.3 is 0 Å². The van der Waals surface area contributed by atoms with Crippen LogP contribution in [0, 0.1) is 5.92 Å². The molecule has 0 unspecified atom stereocenters. The molecule has 0 spiro atoms. The maximum absolute atomic E-state index is 11.9. The van der Waals surface area contributed by atoms with E-state index in [0.29, 0.717) is 17.0 Å². The van der Waals surface area contributed by atoms with E-state index >= 15 is 0 Å². The molecular weight excluding hydrogens is 278 g/mol. The van der Waals surface area contributed by atoms with Crippen LogP contribution in [-0.4, -0.2) is 23.5 Å². The van der Waals surface area contributed by atoms with Crippen molar-refractivity contribution in [3.8, 4) is 0 Å². The van der Waals surface area contributed by atoms with Gasteiger partial charge in [0, 0.05) is 16.4 Å². The Morgan fingerprint density at radius 2 is 2.05 bits per heavy atom. The van der Waals surface area contributed by atoms with Gasteiger partial charge in [-0.2, -0.15) is 0 Å². The predicted octanol–water partition coefficient (Wildman–Crippen LogP) is 1.15. The second kappa shape index (κ2) is 5.96. The van der Waals surface area contributed by atoms with Crippen molar-refractivity contribution in [2.45, 2.75) is 18.7 Å². The molecule has 1 heterocycles. The number of hydrogen-bond donors (Lipinski definition) is 3. The molecule has 1 aliphatic rings. The van der Waals surface area contributed by atoms with E-state index in [0.717, 1.165) is 4.90 Å². The third-order valence-corrected chi connectivity index (χ3v) is 3.77. The predicted molar refractivity (Wildman–Crippen MR) is 76.2 cm³/mol. The fourth-order valence-electron chi connectivity index (χ4n) is 1.56. The highest BCUT2D eigenvalue weighted by atomic mass is 32.2. The van der Waals surface area contributed by atoms with Crippen LogP contribution in [0.4, 0.5) is 5.69 Å². The molecule has 0 aliphatic carbocycles. The van der Waals surface area contributed by atoms with Crippen LogP contribution in [0.15, 0.2) is 23.1 Å². The van der Waals surface area contributed by atoms with Gasteiger partial charge in [0.15, 0.2) is 0 Å². The van der Waals surface area contributed by atoms with Crippen molar-refractivity contribution < 1.29 is 14.4 Å². The zero-order valence-electron chi connectivity index (χ0n) is 11.1. The lowest BCUT2D eigenvalue weighted by Gasteiger charge is -2.17. The molecule has 0 aromatic heterocycles. The van der Waals surface area contributed by atoms with E-state index in [1.165, 1.54) is 11.8 Å². The monoisotopic (exact) mass is 293 g/mol. The molecule has 6 nitrogen and oxygen atoms in total. The van der Waals surface area contributed by atoms with E-state index in [1.54, 1.807) is 32.0 Å². The number of benzene rings is 1. The summed E-state index contributed by atoms with van der Waals surface area (Å²) in [6.45, 7) is 3.46. The molecule has 0 fully saturated rings. The minimum absolute atomic E-state index is 0.0897. The summed E-state index contributed by atoms with van der Waals surface area (Å²) < 4.78 is 0. The molecule has 0 atom stereocenters. The summed E-state index contributed by atoms with van der Waals surface area (Å²) in [5.41, 5.74) is 5.67. The molecule has 0 saturated carbocycles. The van der Waals surface area contributed by atoms with Crippen LogP contribution < -0.4 is 16.2 Å². The Labute approximate surface area is 120 Å². The van der Waals surface area contributed by atoms with Crippen molar-refractivity contribution in [1.82, 2.24) is 10.9 Å². The van der Waals surface area contributed by atoms with Gasteiger partial charge in [-0.15, -0.1) is 11.8 Å². The number of carbonyl (C=O) groups excluding carboxylic acids is 3. The van der Waals surface area contributed by atoms with Gasteiger partial charge in [0.05, 0.1) is 11.4 Å². The van der Waals surface area contributed by atoms with E-state index in [4.69, 9.17) is 0 Å². The third-order valence-electron chi connectivity index (χ3n) is 2.70. The molecule has 20 heavy (non-hydrogen) atoms. The van der Waals surface area contributed by atoms with Gasteiger partial charge in [0.2, 0.25) is 11.8 Å². The van der Waals surface area contributed by atoms with Gasteiger partial charge in [0.1, 0.15) is 0 Å². The molecule has 1 aromatic rings. The first-order chi connectivity index (χ1) is 9.47. The van der Waals surface area contributed by atoms with Crippen molar-refractivity contribution in [2.24, 2.45) is 5.92 Å². The molecule has 2 rings (SSSR count). The van der Waals surface area contributed by atoms with Gasteiger partial charge in [-0.05, 0) is 18.2 Å². The number of thioether (sulfide) groups is 1. The normalized spacial score (nSPS) is 13.4. The van der Waals surface area contributed by atoms with Gasteiger partial charge in [-0.1, -0.05) is 13.8 Å². The summed E-state index contributed by atoms with van der Waals surface area (Å²) >= 11 is 1.43. The summed E-state index contributed by atoms with van der Waals surface area (Å²) in [4.78, 5) is 35.5. The number of nitrogens with one attached hydrogen (secondary N) is 3. The zero-order valence-corrected chi connectivity index (χ0v) is 12.0. The number of hydrogen-bond acceptors (Lipinski definition) is 4. The van der Waals surface area contributed by atoms with Crippen LogP contribution in [-0.2, 0) is 9.59 Å². The number of amides is 3. The molecule has 0 saturated heterocycles. The first kappa shape index (κ1) is 14.4. The zero-order chi connectivity index (χ0) is 14.7. The number of anilines is 1. The van der Waals surface area contributed by atoms with Crippen molar-refractivity contribution in [2.75, 3.05) is 11.1 Å². The lowest BCUT2D eigenvalue weighted by Crippen LogP contribution is -2.43. The molecule has 1 aromatic carbocycles. The minimum atomic E-state index is -0.424. The maximum atomic E-state index is 11.9. The second-order valence-electron chi connectivity index (χ2n) is 4.65. The Bertz CT molecular complexity index is 572. The maximum Gasteiger partial charge on any atom is 0.269 e. The second-order valence-corrected chi connectivity index (χ2v) is 5.66. The summed E-state index contributed by atoms with van der Waals surface area (Å²) in [5.74, 6) is -0.613. The number of carbonyl (C=O) groups is 3. The van der Waals surface area contributed by atoms with Crippen LogP contribution in [0.1, 0.15) is 24.2 Å². The van der Waals surface area contributed by atoms with Crippen molar-refractivity contribution in [1.29, 1.82) is 0 Å². The Morgan fingerprint density at radius 1 is 1.30 bits per heavy atom. The summed E-state index contributed by atoms with van der Waals surface area (Å²) in [7, 11) is 0. The molecule has 0 bridgehead atoms. The highest BCUT2D eigenvalue weighted by molar-refractivity contribution is 8.00. The first-order valence-corrected chi connectivity index (χ1v) is 7.13. The SMILES string of the molecule is CC(C)C(=O)NNC(=O)c1ccc2c(c1)NC(=O)CS2. The minimum Gasteiger partial charge on any atom is -0.324 e. The smallest absolute Gasteiger partial charge is 0.269 e. The standard InChI is InChI=1S/C13H15N3O3S/c1-7(2)12(18)15-16-13(19)8-3-4-10-9(5-8)14-11(17)6-20-10/h3-5,7H,6H2,1-2H3,(H,14,17)(H,15,18)(H,16,19). The van der Waals surface area contributed by atoms with Crippen LogP contribution in [0.5, 0.6) is 0 Å². The van der Waals surface area contributed by atoms with Gasteiger partial charge in [0.25, 0.3) is 5.91 Å². The van der Waals surface area contributed by atoms with Crippen molar-refractivity contribution in [3.05, 3.63) is 23.8 Å². The van der Waals surface area contributed by atoms with Gasteiger partial charge in [-0.25, -0.2) is 0 Å². The summed E-state index contributed by atoms with van der Waals surface area (Å²) in [6, 6.07) is 5.02. The van der Waals surface area contributed by atoms with Crippen LogP contribution in [0.3, 0.4) is 0 Å². The molecule has 3 N–H and O–H groups in total. The average Bonchev–Trinajstić information content (AvgIpc) is 2.43. The average molecular weight is 293 g/mol. The van der Waals surface area contributed by atoms with Crippen molar-refractivity contribution >= 4 is 35.2 Å². The molecule has 3 amide bonds. The molecular formula is C13H15N3O3S. The topological polar surface area (TPSA) is 87.3 Å². The fourth-order valence-corrected chi connectivity index (χ4v) is 2.35. The van der Waals surface area contributed by atoms with Crippen LogP contribution >= 0.6 is 11.8 Å². The van der Waals surface area contributed by atoms with Crippen LogP contribution in [0.2, 0.25) is 0 Å². The van der Waals surface area contributed by atoms with Crippen LogP contribution in [0.25, 0.3) is 0 Å². The number of fused-ring (bicyclic) bond motifs is 1. The Balaban J connectivity index is 2.06. The molecule has 1 aliphatic heterocycles. The fraction of sp³-hybridized carbons (Fsp3) is 0.308. The van der Waals surface area contributed by atoms with Gasteiger partial charge < -0.3 is 5.32 Å². The first-order valence-electron chi connectivity index (χ1n) is 6.14. The third kappa shape index (κ3) is 3.30. The van der Waals surface area contributed by atoms with E-state index < -0.39 is 5.91 Å².